The van der Waals surface area contributed by atoms with Crippen LogP contribution in [0.25, 0.3) is 0 Å². The number of ether oxygens (including phenoxy) is 1. The summed E-state index contributed by atoms with van der Waals surface area (Å²) in [7, 11) is 0. The van der Waals surface area contributed by atoms with Crippen LogP contribution in [0.2, 0.25) is 5.02 Å². The van der Waals surface area contributed by atoms with Gasteiger partial charge in [-0.2, -0.15) is 0 Å². The van der Waals surface area contributed by atoms with Gasteiger partial charge in [-0.3, -0.25) is 14.4 Å². The summed E-state index contributed by atoms with van der Waals surface area (Å²) in [5.74, 6) is -2.41. The SMILES string of the molecule is CCOC(=O)[C@@H]1[C@H]2C(=O)N([C@H](CO)c3ccccc3)C(C(=O)Nc3c(C)cccc3Cl)C23S[C@@H]1CC3C. The summed E-state index contributed by atoms with van der Waals surface area (Å²) in [6, 6.07) is 12.9. The number of aliphatic hydroxyl groups is 1. The minimum Gasteiger partial charge on any atom is -0.466 e. The average molecular weight is 543 g/mol. The van der Waals surface area contributed by atoms with Crippen LogP contribution in [0.1, 0.15) is 37.4 Å². The minimum absolute atomic E-state index is 0.00895. The highest BCUT2D eigenvalue weighted by Gasteiger charge is 2.77. The molecule has 0 aromatic heterocycles. The van der Waals surface area contributed by atoms with E-state index < -0.39 is 34.6 Å². The van der Waals surface area contributed by atoms with Gasteiger partial charge in [0.25, 0.3) is 0 Å². The molecular weight excluding hydrogens is 512 g/mol. The zero-order chi connectivity index (χ0) is 26.5. The number of amides is 2. The van der Waals surface area contributed by atoms with E-state index in [0.29, 0.717) is 17.1 Å². The molecule has 7 nitrogen and oxygen atoms in total. The van der Waals surface area contributed by atoms with Crippen molar-refractivity contribution < 1.29 is 24.2 Å². The smallest absolute Gasteiger partial charge is 0.310 e. The second kappa shape index (κ2) is 9.97. The molecule has 0 radical (unpaired) electrons. The van der Waals surface area contributed by atoms with Crippen molar-refractivity contribution >= 4 is 46.8 Å². The number of benzene rings is 2. The van der Waals surface area contributed by atoms with Crippen LogP contribution in [-0.4, -0.2) is 57.0 Å². The van der Waals surface area contributed by atoms with Gasteiger partial charge in [0.15, 0.2) is 0 Å². The number of aliphatic hydroxyl groups excluding tert-OH is 1. The summed E-state index contributed by atoms with van der Waals surface area (Å²) in [5.41, 5.74) is 2.02. The van der Waals surface area contributed by atoms with Crippen LogP contribution in [0.5, 0.6) is 0 Å². The third-order valence-electron chi connectivity index (χ3n) is 8.15. The molecular formula is C28H31ClN2O5S. The number of anilines is 1. The van der Waals surface area contributed by atoms with Gasteiger partial charge < -0.3 is 20.1 Å². The van der Waals surface area contributed by atoms with Gasteiger partial charge in [-0.05, 0) is 43.4 Å². The van der Waals surface area contributed by atoms with E-state index in [1.807, 2.05) is 49.4 Å². The second-order valence-electron chi connectivity index (χ2n) is 10.1. The molecule has 2 bridgehead atoms. The van der Waals surface area contributed by atoms with Crippen molar-refractivity contribution in [1.29, 1.82) is 0 Å². The van der Waals surface area contributed by atoms with E-state index in [4.69, 9.17) is 16.3 Å². The van der Waals surface area contributed by atoms with E-state index >= 15 is 0 Å². The van der Waals surface area contributed by atoms with Gasteiger partial charge in [-0.1, -0.05) is 61.0 Å². The molecule has 3 fully saturated rings. The summed E-state index contributed by atoms with van der Waals surface area (Å²) >= 11 is 8.01. The Morgan fingerprint density at radius 3 is 2.62 bits per heavy atom. The van der Waals surface area contributed by atoms with Gasteiger partial charge in [0, 0.05) is 5.25 Å². The topological polar surface area (TPSA) is 95.9 Å². The predicted molar refractivity (Wildman–Crippen MR) is 143 cm³/mol. The van der Waals surface area contributed by atoms with Gasteiger partial charge >= 0.3 is 5.97 Å². The van der Waals surface area contributed by atoms with E-state index in [1.165, 1.54) is 4.90 Å². The largest absolute Gasteiger partial charge is 0.466 e. The fraction of sp³-hybridized carbons (Fsp3) is 0.464. The number of halogens is 1. The Balaban J connectivity index is 1.64. The fourth-order valence-corrected chi connectivity index (χ4v) is 9.28. The number of hydrogen-bond donors (Lipinski definition) is 2. The molecule has 0 saturated carbocycles. The summed E-state index contributed by atoms with van der Waals surface area (Å²) in [6.45, 7) is 5.52. The molecule has 3 aliphatic heterocycles. The Morgan fingerprint density at radius 1 is 1.24 bits per heavy atom. The number of nitrogens with one attached hydrogen (secondary N) is 1. The molecule has 1 spiro atoms. The lowest BCUT2D eigenvalue weighted by molar-refractivity contribution is -0.154. The van der Waals surface area contributed by atoms with Crippen molar-refractivity contribution in [3.05, 3.63) is 64.7 Å². The predicted octanol–water partition coefficient (Wildman–Crippen LogP) is 4.22. The first-order chi connectivity index (χ1) is 17.8. The van der Waals surface area contributed by atoms with Crippen molar-refractivity contribution in [2.24, 2.45) is 17.8 Å². The van der Waals surface area contributed by atoms with Gasteiger partial charge in [-0.25, -0.2) is 0 Å². The highest BCUT2D eigenvalue weighted by molar-refractivity contribution is 8.02. The second-order valence-corrected chi connectivity index (χ2v) is 12.0. The normalized spacial score (nSPS) is 30.8. The summed E-state index contributed by atoms with van der Waals surface area (Å²) < 4.78 is 4.57. The molecule has 3 heterocycles. The summed E-state index contributed by atoms with van der Waals surface area (Å²) in [4.78, 5) is 43.2. The van der Waals surface area contributed by atoms with Crippen LogP contribution in [0, 0.1) is 24.7 Å². The standard InChI is InChI=1S/C28H31ClN2O5S/c1-4-36-27(35)21-20-13-16(3)28(37-20)22(21)26(34)31(19(14-32)17-10-6-5-7-11-17)24(28)25(33)30-23-15(2)9-8-12-18(23)29/h5-12,16,19-22,24,32H,4,13-14H2,1-3H3,(H,30,33)/t16?,19-,20-,21+,22+,24?,28?/m1/s1. The molecule has 9 heteroatoms. The Bertz CT molecular complexity index is 1210. The molecule has 3 saturated heterocycles. The van der Waals surface area contributed by atoms with Crippen molar-refractivity contribution in [2.75, 3.05) is 18.5 Å². The number of nitrogens with zero attached hydrogens (tertiary/aromatic N) is 1. The maximum Gasteiger partial charge on any atom is 0.310 e. The number of hydrogen-bond acceptors (Lipinski definition) is 6. The maximum atomic E-state index is 14.3. The lowest BCUT2D eigenvalue weighted by Gasteiger charge is -2.40. The number of likely N-dealkylation sites (tertiary alicyclic amines) is 1. The molecule has 2 aromatic carbocycles. The van der Waals surface area contributed by atoms with Gasteiger partial charge in [0.2, 0.25) is 11.8 Å². The third kappa shape index (κ3) is 3.96. The molecule has 37 heavy (non-hydrogen) atoms. The number of rotatable bonds is 7. The third-order valence-corrected chi connectivity index (χ3v) is 10.5. The summed E-state index contributed by atoms with van der Waals surface area (Å²) in [5, 5.41) is 13.8. The molecule has 2 aromatic rings. The number of aryl methyl sites for hydroxylation is 1. The molecule has 5 rings (SSSR count). The zero-order valence-electron chi connectivity index (χ0n) is 21.0. The number of carbonyl (C=O) groups excluding carboxylic acids is 3. The maximum absolute atomic E-state index is 14.3. The quantitative estimate of drug-likeness (QED) is 0.509. The molecule has 2 N–H and O–H groups in total. The van der Waals surface area contributed by atoms with Crippen molar-refractivity contribution in [3.63, 3.8) is 0 Å². The zero-order valence-corrected chi connectivity index (χ0v) is 22.6. The van der Waals surface area contributed by atoms with Gasteiger partial charge in [0.05, 0.1) is 46.5 Å². The van der Waals surface area contributed by atoms with Crippen LogP contribution in [0.3, 0.4) is 0 Å². The molecule has 196 valence electrons. The molecule has 2 amide bonds. The van der Waals surface area contributed by atoms with Crippen molar-refractivity contribution in [1.82, 2.24) is 4.90 Å². The van der Waals surface area contributed by atoms with E-state index in [9.17, 15) is 19.5 Å². The Morgan fingerprint density at radius 2 is 1.97 bits per heavy atom. The lowest BCUT2D eigenvalue weighted by Crippen LogP contribution is -2.55. The number of esters is 1. The van der Waals surface area contributed by atoms with Crippen LogP contribution >= 0.6 is 23.4 Å². The molecule has 7 atom stereocenters. The Labute approximate surface area is 225 Å². The van der Waals surface area contributed by atoms with Crippen LogP contribution in [0.4, 0.5) is 5.69 Å². The van der Waals surface area contributed by atoms with E-state index in [2.05, 4.69) is 12.2 Å². The fourth-order valence-electron chi connectivity index (χ4n) is 6.61. The van der Waals surface area contributed by atoms with Crippen molar-refractivity contribution in [2.45, 2.75) is 49.3 Å². The monoisotopic (exact) mass is 542 g/mol. The van der Waals surface area contributed by atoms with Gasteiger partial charge in [-0.15, -0.1) is 11.8 Å². The summed E-state index contributed by atoms with van der Waals surface area (Å²) in [6.07, 6.45) is 0.704. The first kappa shape index (κ1) is 26.1. The lowest BCUT2D eigenvalue weighted by atomic mass is 9.66. The van der Waals surface area contributed by atoms with Crippen molar-refractivity contribution in [3.8, 4) is 0 Å². The minimum atomic E-state index is -0.914. The molecule has 0 aliphatic carbocycles. The number of para-hydroxylation sites is 1. The number of fused-ring (bicyclic) bond motifs is 1. The Kier molecular flexibility index (Phi) is 7.02. The van der Waals surface area contributed by atoms with Crippen LogP contribution in [0.15, 0.2) is 48.5 Å². The molecule has 3 aliphatic rings. The van der Waals surface area contributed by atoms with E-state index in [-0.39, 0.29) is 36.2 Å². The number of carbonyl (C=O) groups is 3. The van der Waals surface area contributed by atoms with E-state index in [0.717, 1.165) is 11.1 Å². The van der Waals surface area contributed by atoms with Crippen LogP contribution in [-0.2, 0) is 19.1 Å². The highest BCUT2D eigenvalue weighted by Crippen LogP contribution is 2.69. The highest BCUT2D eigenvalue weighted by atomic mass is 35.5. The van der Waals surface area contributed by atoms with E-state index in [1.54, 1.807) is 24.8 Å². The Hall–Kier alpha value is -2.55. The van der Waals surface area contributed by atoms with Gasteiger partial charge in [0.1, 0.15) is 6.04 Å². The van der Waals surface area contributed by atoms with Crippen LogP contribution < -0.4 is 5.32 Å². The first-order valence-corrected chi connectivity index (χ1v) is 13.9. The average Bonchev–Trinajstić information content (AvgIpc) is 3.47. The number of thioether (sulfide) groups is 1. The first-order valence-electron chi connectivity index (χ1n) is 12.6. The molecule has 3 unspecified atom stereocenters.